The number of fused-ring (bicyclic) bond motifs is 2. The first-order valence-electron chi connectivity index (χ1n) is 8.29. The Balaban J connectivity index is 1.38. The summed E-state index contributed by atoms with van der Waals surface area (Å²) in [6.45, 7) is 1.36. The molecule has 0 saturated carbocycles. The van der Waals surface area contributed by atoms with Crippen molar-refractivity contribution >= 4 is 33.2 Å². The number of ether oxygens (including phenoxy) is 2. The Hall–Kier alpha value is -3.46. The van der Waals surface area contributed by atoms with E-state index in [1.54, 1.807) is 18.2 Å². The van der Waals surface area contributed by atoms with Gasteiger partial charge in [0.05, 0.1) is 5.69 Å². The molecule has 4 rings (SSSR count). The molecule has 9 heteroatoms. The van der Waals surface area contributed by atoms with E-state index in [4.69, 9.17) is 13.9 Å². The summed E-state index contributed by atoms with van der Waals surface area (Å²) in [5.41, 5.74) is 0.852. The van der Waals surface area contributed by atoms with Crippen molar-refractivity contribution in [3.8, 4) is 5.75 Å². The zero-order valence-corrected chi connectivity index (χ0v) is 15.5. The monoisotopic (exact) mass is 398 g/mol. The number of esters is 1. The number of nitrogens with zero attached hydrogens (tertiary/aromatic N) is 2. The molecule has 4 aromatic rings. The number of carbonyl (C=O) groups excluding carboxylic acids is 1. The van der Waals surface area contributed by atoms with Crippen LogP contribution in [0, 0.1) is 6.92 Å². The predicted octanol–water partition coefficient (Wildman–Crippen LogP) is 2.29. The standard InChI is InChI=1S/C19H14N2O6S/c1-11-10-28-19-20-13(6-16(22)21(11)19)8-26-18(24)9-25-14-4-2-12-3-5-17(23)27-15(12)7-14/h2-7,10H,8-9H2,1H3. The molecule has 0 saturated heterocycles. The van der Waals surface area contributed by atoms with Crippen LogP contribution in [0.5, 0.6) is 5.75 Å². The summed E-state index contributed by atoms with van der Waals surface area (Å²) in [7, 11) is 0. The Labute approximate surface area is 161 Å². The summed E-state index contributed by atoms with van der Waals surface area (Å²) in [4.78, 5) is 40.2. The van der Waals surface area contributed by atoms with E-state index >= 15 is 0 Å². The van der Waals surface area contributed by atoms with Crippen molar-refractivity contribution in [2.45, 2.75) is 13.5 Å². The number of hydrogen-bond donors (Lipinski definition) is 0. The largest absolute Gasteiger partial charge is 0.482 e. The van der Waals surface area contributed by atoms with E-state index in [0.29, 0.717) is 22.0 Å². The molecule has 3 aromatic heterocycles. The van der Waals surface area contributed by atoms with Crippen molar-refractivity contribution in [3.05, 3.63) is 73.9 Å². The third-order valence-corrected chi connectivity index (χ3v) is 4.90. The fourth-order valence-electron chi connectivity index (χ4n) is 2.64. The molecule has 0 aliphatic heterocycles. The van der Waals surface area contributed by atoms with Crippen molar-refractivity contribution in [1.29, 1.82) is 0 Å². The highest BCUT2D eigenvalue weighted by atomic mass is 32.1. The summed E-state index contributed by atoms with van der Waals surface area (Å²) >= 11 is 1.34. The highest BCUT2D eigenvalue weighted by Crippen LogP contribution is 2.19. The van der Waals surface area contributed by atoms with Gasteiger partial charge in [0.15, 0.2) is 11.6 Å². The average Bonchev–Trinajstić information content (AvgIpc) is 3.05. The first-order valence-corrected chi connectivity index (χ1v) is 9.17. The van der Waals surface area contributed by atoms with Crippen LogP contribution in [0.1, 0.15) is 11.4 Å². The van der Waals surface area contributed by atoms with Crippen LogP contribution >= 0.6 is 11.3 Å². The van der Waals surface area contributed by atoms with Gasteiger partial charge in [0.2, 0.25) is 0 Å². The van der Waals surface area contributed by atoms with Crippen molar-refractivity contribution in [2.24, 2.45) is 0 Å². The first-order chi connectivity index (χ1) is 13.5. The maximum absolute atomic E-state index is 12.1. The minimum absolute atomic E-state index is 0.128. The number of aryl methyl sites for hydroxylation is 1. The third-order valence-electron chi connectivity index (χ3n) is 3.96. The Bertz CT molecular complexity index is 1300. The van der Waals surface area contributed by atoms with Gasteiger partial charge in [-0.05, 0) is 25.1 Å². The van der Waals surface area contributed by atoms with Gasteiger partial charge in [-0.1, -0.05) is 0 Å². The summed E-state index contributed by atoms with van der Waals surface area (Å²) in [5, 5.41) is 2.57. The molecule has 0 fully saturated rings. The van der Waals surface area contributed by atoms with Gasteiger partial charge in [-0.3, -0.25) is 9.20 Å². The topological polar surface area (TPSA) is 100 Å². The third kappa shape index (κ3) is 3.65. The zero-order valence-electron chi connectivity index (χ0n) is 14.7. The van der Waals surface area contributed by atoms with E-state index in [0.717, 1.165) is 11.1 Å². The lowest BCUT2D eigenvalue weighted by molar-refractivity contribution is -0.147. The minimum atomic E-state index is -0.612. The molecule has 0 aliphatic carbocycles. The van der Waals surface area contributed by atoms with Crippen molar-refractivity contribution in [3.63, 3.8) is 0 Å². The predicted molar refractivity (Wildman–Crippen MR) is 102 cm³/mol. The summed E-state index contributed by atoms with van der Waals surface area (Å²) in [5.74, 6) is -0.246. The molecular formula is C19H14N2O6S. The molecule has 0 unspecified atom stereocenters. The zero-order chi connectivity index (χ0) is 19.7. The smallest absolute Gasteiger partial charge is 0.344 e. The van der Waals surface area contributed by atoms with Crippen LogP contribution < -0.4 is 15.9 Å². The second-order valence-electron chi connectivity index (χ2n) is 5.98. The highest BCUT2D eigenvalue weighted by Gasteiger charge is 2.10. The molecule has 1 aromatic carbocycles. The molecule has 0 atom stereocenters. The van der Waals surface area contributed by atoms with Gasteiger partial charge in [-0.25, -0.2) is 14.6 Å². The molecular weight excluding hydrogens is 384 g/mol. The molecule has 28 heavy (non-hydrogen) atoms. The van der Waals surface area contributed by atoms with Crippen LogP contribution in [-0.4, -0.2) is 22.0 Å². The molecule has 0 bridgehead atoms. The van der Waals surface area contributed by atoms with Gasteiger partial charge in [-0.15, -0.1) is 11.3 Å². The number of hydrogen-bond acceptors (Lipinski definition) is 8. The van der Waals surface area contributed by atoms with Crippen molar-refractivity contribution < 1.29 is 18.7 Å². The van der Waals surface area contributed by atoms with Crippen LogP contribution in [0.4, 0.5) is 0 Å². The fourth-order valence-corrected chi connectivity index (χ4v) is 3.53. The van der Waals surface area contributed by atoms with Gasteiger partial charge in [-0.2, -0.15) is 0 Å². The van der Waals surface area contributed by atoms with Crippen molar-refractivity contribution in [2.75, 3.05) is 6.61 Å². The van der Waals surface area contributed by atoms with Crippen LogP contribution in [0.15, 0.2) is 55.8 Å². The second kappa shape index (κ2) is 7.28. The van der Waals surface area contributed by atoms with E-state index in [9.17, 15) is 14.4 Å². The van der Waals surface area contributed by atoms with E-state index < -0.39 is 11.6 Å². The number of benzene rings is 1. The lowest BCUT2D eigenvalue weighted by Crippen LogP contribution is -2.18. The minimum Gasteiger partial charge on any atom is -0.482 e. The molecule has 8 nitrogen and oxygen atoms in total. The molecule has 3 heterocycles. The SMILES string of the molecule is Cc1csc2nc(COC(=O)COc3ccc4ccc(=O)oc4c3)cc(=O)n12. The summed E-state index contributed by atoms with van der Waals surface area (Å²) in [6.07, 6.45) is 0. The lowest BCUT2D eigenvalue weighted by Gasteiger charge is -2.07. The number of rotatable bonds is 5. The Morgan fingerprint density at radius 3 is 2.89 bits per heavy atom. The first kappa shape index (κ1) is 17.9. The van der Waals surface area contributed by atoms with Gasteiger partial charge >= 0.3 is 11.6 Å². The normalized spacial score (nSPS) is 11.0. The second-order valence-corrected chi connectivity index (χ2v) is 6.82. The Morgan fingerprint density at radius 2 is 2.04 bits per heavy atom. The van der Waals surface area contributed by atoms with Crippen LogP contribution in [0.3, 0.4) is 0 Å². The summed E-state index contributed by atoms with van der Waals surface area (Å²) < 4.78 is 17.1. The quantitative estimate of drug-likeness (QED) is 0.376. The average molecular weight is 398 g/mol. The number of aromatic nitrogens is 2. The van der Waals surface area contributed by atoms with E-state index in [1.165, 1.54) is 33.9 Å². The van der Waals surface area contributed by atoms with Crippen LogP contribution in [-0.2, 0) is 16.1 Å². The maximum Gasteiger partial charge on any atom is 0.344 e. The van der Waals surface area contributed by atoms with Gasteiger partial charge in [0.1, 0.15) is 17.9 Å². The van der Waals surface area contributed by atoms with Crippen LogP contribution in [0.25, 0.3) is 15.9 Å². The van der Waals surface area contributed by atoms with E-state index in [-0.39, 0.29) is 18.8 Å². The van der Waals surface area contributed by atoms with Gasteiger partial charge < -0.3 is 13.9 Å². The molecule has 0 radical (unpaired) electrons. The van der Waals surface area contributed by atoms with Gasteiger partial charge in [0, 0.05) is 34.7 Å². The van der Waals surface area contributed by atoms with Crippen LogP contribution in [0.2, 0.25) is 0 Å². The maximum atomic E-state index is 12.1. The van der Waals surface area contributed by atoms with E-state index in [2.05, 4.69) is 4.98 Å². The molecule has 0 aliphatic rings. The number of carbonyl (C=O) groups is 1. The lowest BCUT2D eigenvalue weighted by atomic mass is 10.2. The molecule has 0 N–H and O–H groups in total. The molecule has 0 spiro atoms. The highest BCUT2D eigenvalue weighted by molar-refractivity contribution is 7.15. The fraction of sp³-hybridized carbons (Fsp3) is 0.158. The van der Waals surface area contributed by atoms with E-state index in [1.807, 2.05) is 12.3 Å². The van der Waals surface area contributed by atoms with Gasteiger partial charge in [0.25, 0.3) is 5.56 Å². The molecule has 142 valence electrons. The Morgan fingerprint density at radius 1 is 1.21 bits per heavy atom. The Kier molecular flexibility index (Phi) is 4.66. The number of thiazole rings is 1. The van der Waals surface area contributed by atoms with Crippen molar-refractivity contribution in [1.82, 2.24) is 9.38 Å². The summed E-state index contributed by atoms with van der Waals surface area (Å²) in [6, 6.07) is 9.21. The molecule has 0 amide bonds.